The molecule has 0 bridgehead atoms. The van der Waals surface area contributed by atoms with Crippen molar-refractivity contribution in [2.75, 3.05) is 0 Å². The Labute approximate surface area is 180 Å². The number of ketones is 1. The molecule has 3 aromatic carbocycles. The molecule has 0 aliphatic heterocycles. The van der Waals surface area contributed by atoms with E-state index >= 15 is 0 Å². The van der Waals surface area contributed by atoms with Crippen LogP contribution in [0.3, 0.4) is 0 Å². The van der Waals surface area contributed by atoms with Gasteiger partial charge in [0, 0.05) is 22.8 Å². The molecule has 0 saturated heterocycles. The normalized spacial score (nSPS) is 11.0. The van der Waals surface area contributed by atoms with Crippen LogP contribution >= 0.6 is 34.8 Å². The van der Waals surface area contributed by atoms with Gasteiger partial charge in [0.15, 0.2) is 5.78 Å². The second-order valence-electron chi connectivity index (χ2n) is 6.33. The number of aromatic nitrogens is 1. The van der Waals surface area contributed by atoms with Crippen LogP contribution in [0.2, 0.25) is 15.1 Å². The van der Waals surface area contributed by atoms with E-state index in [1.807, 2.05) is 0 Å². The summed E-state index contributed by atoms with van der Waals surface area (Å²) in [5, 5.41) is 10.7. The molecule has 4 nitrogen and oxygen atoms in total. The monoisotopic (exact) mass is 443 g/mol. The van der Waals surface area contributed by atoms with Crippen molar-refractivity contribution in [3.8, 4) is 5.69 Å². The van der Waals surface area contributed by atoms with Crippen molar-refractivity contribution in [1.82, 2.24) is 4.57 Å². The maximum absolute atomic E-state index is 13.3. The average molecular weight is 445 g/mol. The molecule has 0 amide bonds. The van der Waals surface area contributed by atoms with Crippen LogP contribution in [-0.4, -0.2) is 21.4 Å². The number of carbonyl (C=O) groups is 2. The van der Waals surface area contributed by atoms with Crippen molar-refractivity contribution in [2.24, 2.45) is 0 Å². The van der Waals surface area contributed by atoms with Gasteiger partial charge in [0.25, 0.3) is 0 Å². The summed E-state index contributed by atoms with van der Waals surface area (Å²) in [6, 6.07) is 16.5. The van der Waals surface area contributed by atoms with E-state index in [1.165, 1.54) is 12.1 Å². The first-order valence-electron chi connectivity index (χ1n) is 8.50. The summed E-state index contributed by atoms with van der Waals surface area (Å²) in [5.74, 6) is -1.34. The van der Waals surface area contributed by atoms with Gasteiger partial charge in [-0.1, -0.05) is 53.0 Å². The topological polar surface area (TPSA) is 59.3 Å². The number of para-hydroxylation sites is 1. The van der Waals surface area contributed by atoms with Crippen LogP contribution in [-0.2, 0) is 0 Å². The summed E-state index contributed by atoms with van der Waals surface area (Å²) in [4.78, 5) is 24.4. The summed E-state index contributed by atoms with van der Waals surface area (Å²) in [7, 11) is 0. The summed E-state index contributed by atoms with van der Waals surface area (Å²) in [5.41, 5.74) is 2.06. The Bertz CT molecular complexity index is 1260. The van der Waals surface area contributed by atoms with E-state index in [4.69, 9.17) is 39.9 Å². The van der Waals surface area contributed by atoms with Gasteiger partial charge in [-0.25, -0.2) is 4.79 Å². The molecule has 0 aliphatic rings. The lowest BCUT2D eigenvalue weighted by molar-refractivity contribution is 0.0696. The molecule has 0 spiro atoms. The Morgan fingerprint density at radius 1 is 0.793 bits per heavy atom. The number of benzene rings is 3. The molecule has 0 atom stereocenters. The van der Waals surface area contributed by atoms with Gasteiger partial charge in [0.05, 0.1) is 31.7 Å². The lowest BCUT2D eigenvalue weighted by Gasteiger charge is -2.07. The van der Waals surface area contributed by atoms with Crippen molar-refractivity contribution in [1.29, 1.82) is 0 Å². The third kappa shape index (κ3) is 3.40. The quantitative estimate of drug-likeness (QED) is 0.364. The number of aromatic carboxylic acids is 1. The van der Waals surface area contributed by atoms with Crippen LogP contribution in [0.25, 0.3) is 16.6 Å². The minimum absolute atomic E-state index is 0.162. The van der Waals surface area contributed by atoms with Gasteiger partial charge in [-0.15, -0.1) is 0 Å². The summed E-state index contributed by atoms with van der Waals surface area (Å²) in [6.45, 7) is 0. The first-order chi connectivity index (χ1) is 13.9. The Morgan fingerprint density at radius 3 is 2.00 bits per heavy atom. The van der Waals surface area contributed by atoms with Crippen molar-refractivity contribution in [2.45, 2.75) is 0 Å². The van der Waals surface area contributed by atoms with E-state index < -0.39 is 5.97 Å². The first-order valence-corrected chi connectivity index (χ1v) is 9.64. The summed E-state index contributed by atoms with van der Waals surface area (Å²) in [6.07, 6.45) is 1.66. The Morgan fingerprint density at radius 2 is 1.38 bits per heavy atom. The van der Waals surface area contributed by atoms with Crippen molar-refractivity contribution >= 4 is 57.5 Å². The largest absolute Gasteiger partial charge is 0.478 e. The SMILES string of the molecule is O=C(O)c1ccc(-n2cc(C(=O)c3c(Cl)cccc3Cl)c3cccc(Cl)c32)cc1. The fourth-order valence-electron chi connectivity index (χ4n) is 3.24. The number of hydrogen-bond donors (Lipinski definition) is 1. The predicted molar refractivity (Wildman–Crippen MR) is 115 cm³/mol. The van der Waals surface area contributed by atoms with Gasteiger partial charge >= 0.3 is 5.97 Å². The zero-order chi connectivity index (χ0) is 20.7. The molecular weight excluding hydrogens is 433 g/mol. The molecule has 4 rings (SSSR count). The van der Waals surface area contributed by atoms with Crippen LogP contribution in [0, 0.1) is 0 Å². The zero-order valence-corrected chi connectivity index (χ0v) is 17.0. The number of halogens is 3. The van der Waals surface area contributed by atoms with Crippen molar-refractivity contribution < 1.29 is 14.7 Å². The van der Waals surface area contributed by atoms with Crippen molar-refractivity contribution in [3.63, 3.8) is 0 Å². The van der Waals surface area contributed by atoms with Gasteiger partial charge in [0.1, 0.15) is 0 Å². The maximum atomic E-state index is 13.3. The number of fused-ring (bicyclic) bond motifs is 1. The molecule has 0 aliphatic carbocycles. The third-order valence-corrected chi connectivity index (χ3v) is 5.54. The summed E-state index contributed by atoms with van der Waals surface area (Å²) >= 11 is 18.9. The number of carboxylic acid groups (broad SMARTS) is 1. The van der Waals surface area contributed by atoms with E-state index in [9.17, 15) is 9.59 Å². The predicted octanol–water partition coefficient (Wildman–Crippen LogP) is 6.52. The van der Waals surface area contributed by atoms with Crippen molar-refractivity contribution in [3.05, 3.63) is 98.6 Å². The highest BCUT2D eigenvalue weighted by molar-refractivity contribution is 6.42. The van der Waals surface area contributed by atoms with Crippen LogP contribution in [0.1, 0.15) is 26.3 Å². The lowest BCUT2D eigenvalue weighted by atomic mass is 10.0. The molecule has 1 heterocycles. The van der Waals surface area contributed by atoms with Crippen LogP contribution in [0.4, 0.5) is 0 Å². The summed E-state index contributed by atoms with van der Waals surface area (Å²) < 4.78 is 1.75. The standard InChI is InChI=1S/C22H12Cl3NO3/c23-16-4-2-5-17(24)19(16)21(27)15-11-26(20-14(15)3-1-6-18(20)25)13-9-7-12(8-10-13)22(28)29/h1-11H,(H,28,29). The number of carboxylic acids is 1. The van der Waals surface area contributed by atoms with Gasteiger partial charge in [0.2, 0.25) is 0 Å². The lowest BCUT2D eigenvalue weighted by Crippen LogP contribution is -2.03. The highest BCUT2D eigenvalue weighted by Gasteiger charge is 2.22. The molecule has 144 valence electrons. The second kappa shape index (κ2) is 7.56. The number of rotatable bonds is 4. The van der Waals surface area contributed by atoms with Gasteiger partial charge in [-0.3, -0.25) is 4.79 Å². The molecule has 0 radical (unpaired) electrons. The number of hydrogen-bond acceptors (Lipinski definition) is 2. The smallest absolute Gasteiger partial charge is 0.335 e. The average Bonchev–Trinajstić information content (AvgIpc) is 3.09. The van der Waals surface area contributed by atoms with E-state index in [2.05, 4.69) is 0 Å². The highest BCUT2D eigenvalue weighted by atomic mass is 35.5. The molecular formula is C22H12Cl3NO3. The fourth-order valence-corrected chi connectivity index (χ4v) is 4.07. The number of carbonyl (C=O) groups excluding carboxylic acids is 1. The van der Waals surface area contributed by atoms with Crippen LogP contribution < -0.4 is 0 Å². The Balaban J connectivity index is 1.94. The molecule has 29 heavy (non-hydrogen) atoms. The molecule has 0 saturated carbocycles. The van der Waals surface area contributed by atoms with E-state index in [-0.39, 0.29) is 27.0 Å². The molecule has 4 aromatic rings. The van der Waals surface area contributed by atoms with E-state index in [0.717, 1.165) is 0 Å². The van der Waals surface area contributed by atoms with Gasteiger partial charge in [-0.05, 0) is 42.5 Å². The zero-order valence-electron chi connectivity index (χ0n) is 14.7. The Kier molecular flexibility index (Phi) is 5.09. The molecule has 0 unspecified atom stereocenters. The first kappa shape index (κ1) is 19.5. The fraction of sp³-hybridized carbons (Fsp3) is 0. The van der Waals surface area contributed by atoms with E-state index in [0.29, 0.717) is 27.2 Å². The maximum Gasteiger partial charge on any atom is 0.335 e. The second-order valence-corrected chi connectivity index (χ2v) is 7.55. The molecule has 0 fully saturated rings. The molecule has 1 N–H and O–H groups in total. The van der Waals surface area contributed by atoms with Gasteiger partial charge in [-0.2, -0.15) is 0 Å². The molecule has 7 heteroatoms. The number of nitrogens with zero attached hydrogens (tertiary/aromatic N) is 1. The third-order valence-electron chi connectivity index (χ3n) is 4.60. The van der Waals surface area contributed by atoms with Crippen LogP contribution in [0.15, 0.2) is 66.9 Å². The Hall–Kier alpha value is -2.79. The molecule has 1 aromatic heterocycles. The van der Waals surface area contributed by atoms with E-state index in [1.54, 1.807) is 59.3 Å². The van der Waals surface area contributed by atoms with Gasteiger partial charge < -0.3 is 9.67 Å². The minimum atomic E-state index is -1.02. The van der Waals surface area contributed by atoms with Crippen LogP contribution in [0.5, 0.6) is 0 Å². The minimum Gasteiger partial charge on any atom is -0.478 e. The highest BCUT2D eigenvalue weighted by Crippen LogP contribution is 2.34.